The molecule has 0 fully saturated rings. The molecule has 0 aromatic heterocycles. The molecule has 0 amide bonds. The fourth-order valence-corrected chi connectivity index (χ4v) is 1.49. The van der Waals surface area contributed by atoms with E-state index in [9.17, 15) is 0 Å². The minimum Gasteiger partial charge on any atom is -0.479 e. The summed E-state index contributed by atoms with van der Waals surface area (Å²) < 4.78 is 10.9. The second kappa shape index (κ2) is 5.74. The highest BCUT2D eigenvalue weighted by molar-refractivity contribution is 5.37. The molecule has 0 N–H and O–H groups in total. The summed E-state index contributed by atoms with van der Waals surface area (Å²) in [7, 11) is 0. The monoisotopic (exact) mass is 239 g/mol. The van der Waals surface area contributed by atoms with Gasteiger partial charge in [0.25, 0.3) is 0 Å². The van der Waals surface area contributed by atoms with Gasteiger partial charge in [-0.3, -0.25) is 0 Å². The van der Waals surface area contributed by atoms with Crippen molar-refractivity contribution in [2.75, 3.05) is 6.61 Å². The zero-order chi connectivity index (χ0) is 12.8. The topological polar surface area (TPSA) is 42.2 Å². The first-order valence-electron chi connectivity index (χ1n) is 5.62. The molecule has 2 aromatic carbocycles. The zero-order valence-corrected chi connectivity index (χ0v) is 10.1. The highest BCUT2D eigenvalue weighted by Gasteiger charge is 1.99. The molecule has 0 aliphatic carbocycles. The van der Waals surface area contributed by atoms with Gasteiger partial charge in [-0.25, -0.2) is 0 Å². The first kappa shape index (κ1) is 12.0. The maximum Gasteiger partial charge on any atom is 0.174 e. The number of aryl methyl sites for hydroxylation is 1. The Kier molecular flexibility index (Phi) is 3.83. The highest BCUT2D eigenvalue weighted by Crippen LogP contribution is 2.25. The molecule has 0 radical (unpaired) electrons. The summed E-state index contributed by atoms with van der Waals surface area (Å²) in [4.78, 5) is 0. The third-order valence-electron chi connectivity index (χ3n) is 2.37. The third kappa shape index (κ3) is 3.26. The lowest BCUT2D eigenvalue weighted by molar-refractivity contribution is 0.365. The Labute approximate surface area is 106 Å². The van der Waals surface area contributed by atoms with Crippen LogP contribution in [0.1, 0.15) is 5.56 Å². The predicted molar refractivity (Wildman–Crippen MR) is 68.8 cm³/mol. The first-order valence-corrected chi connectivity index (χ1v) is 5.62. The molecule has 90 valence electrons. The van der Waals surface area contributed by atoms with Crippen molar-refractivity contribution in [3.8, 4) is 23.3 Å². The molecular formula is C15H13NO2. The summed E-state index contributed by atoms with van der Waals surface area (Å²) >= 11 is 0. The Balaban J connectivity index is 2.09. The Hall–Kier alpha value is -2.47. The first-order chi connectivity index (χ1) is 8.78. The van der Waals surface area contributed by atoms with Crippen LogP contribution in [0.3, 0.4) is 0 Å². The largest absolute Gasteiger partial charge is 0.479 e. The number of hydrogen-bond donors (Lipinski definition) is 0. The minimum atomic E-state index is 0.0357. The minimum absolute atomic E-state index is 0.0357. The van der Waals surface area contributed by atoms with Gasteiger partial charge in [-0.05, 0) is 31.2 Å². The molecule has 0 unspecified atom stereocenters. The van der Waals surface area contributed by atoms with E-state index in [1.807, 2.05) is 49.4 Å². The summed E-state index contributed by atoms with van der Waals surface area (Å²) in [6.45, 7) is 2.06. The molecule has 0 saturated heterocycles. The van der Waals surface area contributed by atoms with Gasteiger partial charge in [0.2, 0.25) is 0 Å². The number of nitrogens with zero attached hydrogens (tertiary/aromatic N) is 1. The lowest BCUT2D eigenvalue weighted by Gasteiger charge is -2.07. The Morgan fingerprint density at radius 3 is 2.44 bits per heavy atom. The van der Waals surface area contributed by atoms with Crippen molar-refractivity contribution in [3.63, 3.8) is 0 Å². The van der Waals surface area contributed by atoms with E-state index in [1.165, 1.54) is 5.56 Å². The molecular weight excluding hydrogens is 226 g/mol. The van der Waals surface area contributed by atoms with Gasteiger partial charge >= 0.3 is 0 Å². The van der Waals surface area contributed by atoms with Gasteiger partial charge in [0, 0.05) is 6.07 Å². The van der Waals surface area contributed by atoms with Gasteiger partial charge in [-0.2, -0.15) is 5.26 Å². The van der Waals surface area contributed by atoms with Crippen molar-refractivity contribution in [3.05, 3.63) is 54.1 Å². The average molecular weight is 239 g/mol. The summed E-state index contributed by atoms with van der Waals surface area (Å²) in [5, 5.41) is 8.45. The van der Waals surface area contributed by atoms with Crippen LogP contribution < -0.4 is 9.47 Å². The second-order valence-electron chi connectivity index (χ2n) is 3.84. The number of ether oxygens (including phenoxy) is 2. The van der Waals surface area contributed by atoms with E-state index in [0.717, 1.165) is 5.75 Å². The van der Waals surface area contributed by atoms with E-state index in [1.54, 1.807) is 12.1 Å². The fourth-order valence-electron chi connectivity index (χ4n) is 1.49. The summed E-state index contributed by atoms with van der Waals surface area (Å²) in [6, 6.07) is 17.0. The van der Waals surface area contributed by atoms with Crippen LogP contribution >= 0.6 is 0 Å². The quantitative estimate of drug-likeness (QED) is 0.817. The van der Waals surface area contributed by atoms with E-state index in [0.29, 0.717) is 11.5 Å². The van der Waals surface area contributed by atoms with Gasteiger partial charge in [0.1, 0.15) is 23.3 Å². The van der Waals surface area contributed by atoms with Crippen LogP contribution in [0.25, 0.3) is 0 Å². The molecule has 0 heterocycles. The standard InChI is InChI=1S/C15H13NO2/c1-12-5-7-13(8-6-12)18-15-4-2-3-14(11-15)17-10-9-16/h2-8,11H,10H2,1H3. The maximum atomic E-state index is 8.45. The number of rotatable bonds is 4. The van der Waals surface area contributed by atoms with E-state index in [2.05, 4.69) is 0 Å². The summed E-state index contributed by atoms with van der Waals surface area (Å²) in [5.74, 6) is 2.09. The number of benzene rings is 2. The lowest BCUT2D eigenvalue weighted by atomic mass is 10.2. The van der Waals surface area contributed by atoms with Crippen molar-refractivity contribution in [1.82, 2.24) is 0 Å². The van der Waals surface area contributed by atoms with Crippen molar-refractivity contribution in [2.24, 2.45) is 0 Å². The highest BCUT2D eigenvalue weighted by atomic mass is 16.5. The van der Waals surface area contributed by atoms with Crippen molar-refractivity contribution >= 4 is 0 Å². The molecule has 0 bridgehead atoms. The number of nitriles is 1. The van der Waals surface area contributed by atoms with Gasteiger partial charge in [-0.15, -0.1) is 0 Å². The molecule has 3 nitrogen and oxygen atoms in total. The average Bonchev–Trinajstić information content (AvgIpc) is 2.40. The predicted octanol–water partition coefficient (Wildman–Crippen LogP) is 3.69. The van der Waals surface area contributed by atoms with Gasteiger partial charge in [0.05, 0.1) is 0 Å². The zero-order valence-electron chi connectivity index (χ0n) is 10.1. The summed E-state index contributed by atoms with van der Waals surface area (Å²) in [6.07, 6.45) is 0. The lowest BCUT2D eigenvalue weighted by Crippen LogP contribution is -1.93. The summed E-state index contributed by atoms with van der Waals surface area (Å²) in [5.41, 5.74) is 1.19. The van der Waals surface area contributed by atoms with E-state index in [4.69, 9.17) is 14.7 Å². The fraction of sp³-hybridized carbons (Fsp3) is 0.133. The van der Waals surface area contributed by atoms with Crippen LogP contribution in [0, 0.1) is 18.3 Å². The molecule has 3 heteroatoms. The van der Waals surface area contributed by atoms with Crippen LogP contribution in [0.4, 0.5) is 0 Å². The van der Waals surface area contributed by atoms with Crippen LogP contribution in [0.15, 0.2) is 48.5 Å². The Bertz CT molecular complexity index is 555. The van der Waals surface area contributed by atoms with Crippen LogP contribution in [-0.2, 0) is 0 Å². The second-order valence-corrected chi connectivity index (χ2v) is 3.84. The maximum absolute atomic E-state index is 8.45. The van der Waals surface area contributed by atoms with Crippen LogP contribution in [0.2, 0.25) is 0 Å². The Morgan fingerprint density at radius 2 is 1.72 bits per heavy atom. The van der Waals surface area contributed by atoms with Crippen molar-refractivity contribution in [2.45, 2.75) is 6.92 Å². The molecule has 2 aromatic rings. The van der Waals surface area contributed by atoms with E-state index >= 15 is 0 Å². The molecule has 0 aliphatic heterocycles. The molecule has 0 spiro atoms. The van der Waals surface area contributed by atoms with Gasteiger partial charge in [0.15, 0.2) is 6.61 Å². The molecule has 0 aliphatic rings. The SMILES string of the molecule is Cc1ccc(Oc2cccc(OCC#N)c2)cc1. The smallest absolute Gasteiger partial charge is 0.174 e. The third-order valence-corrected chi connectivity index (χ3v) is 2.37. The van der Waals surface area contributed by atoms with Crippen LogP contribution in [-0.4, -0.2) is 6.61 Å². The van der Waals surface area contributed by atoms with E-state index < -0.39 is 0 Å². The normalized spacial score (nSPS) is 9.56. The van der Waals surface area contributed by atoms with Crippen LogP contribution in [0.5, 0.6) is 17.2 Å². The van der Waals surface area contributed by atoms with Gasteiger partial charge < -0.3 is 9.47 Å². The van der Waals surface area contributed by atoms with Gasteiger partial charge in [-0.1, -0.05) is 23.8 Å². The molecule has 18 heavy (non-hydrogen) atoms. The molecule has 2 rings (SSSR count). The Morgan fingerprint density at radius 1 is 1.00 bits per heavy atom. The number of hydrogen-bond acceptors (Lipinski definition) is 3. The molecule has 0 saturated carbocycles. The van der Waals surface area contributed by atoms with Crippen molar-refractivity contribution in [1.29, 1.82) is 5.26 Å². The van der Waals surface area contributed by atoms with Crippen molar-refractivity contribution < 1.29 is 9.47 Å². The van der Waals surface area contributed by atoms with E-state index in [-0.39, 0.29) is 6.61 Å². The molecule has 0 atom stereocenters.